The SMILES string of the molecule is CCOc1ccccc1C(=O)NCc1ccc(CBr)cc1. The first-order chi connectivity index (χ1) is 10.2. The lowest BCUT2D eigenvalue weighted by molar-refractivity contribution is 0.0947. The molecule has 110 valence electrons. The number of amides is 1. The first kappa shape index (κ1) is 15.6. The Morgan fingerprint density at radius 2 is 1.76 bits per heavy atom. The molecule has 4 heteroatoms. The molecule has 0 heterocycles. The minimum atomic E-state index is -0.122. The molecule has 0 aromatic heterocycles. The summed E-state index contributed by atoms with van der Waals surface area (Å²) in [5.74, 6) is 0.496. The minimum absolute atomic E-state index is 0.122. The molecule has 2 rings (SSSR count). The van der Waals surface area contributed by atoms with Gasteiger partial charge in [0.25, 0.3) is 5.91 Å². The maximum absolute atomic E-state index is 12.2. The van der Waals surface area contributed by atoms with E-state index >= 15 is 0 Å². The number of nitrogens with one attached hydrogen (secondary N) is 1. The standard InChI is InChI=1S/C17H18BrNO2/c1-2-21-16-6-4-3-5-15(16)17(20)19-12-14-9-7-13(11-18)8-10-14/h3-10H,2,11-12H2,1H3,(H,19,20). The lowest BCUT2D eigenvalue weighted by Crippen LogP contribution is -2.23. The number of benzene rings is 2. The Bertz CT molecular complexity index is 596. The number of alkyl halides is 1. The number of hydrogen-bond donors (Lipinski definition) is 1. The molecule has 2 aromatic carbocycles. The van der Waals surface area contributed by atoms with Crippen molar-refractivity contribution in [1.29, 1.82) is 0 Å². The zero-order valence-electron chi connectivity index (χ0n) is 11.9. The molecule has 0 saturated heterocycles. The van der Waals surface area contributed by atoms with Gasteiger partial charge in [-0.15, -0.1) is 0 Å². The second-order valence-corrected chi connectivity index (χ2v) is 5.12. The molecule has 0 aliphatic carbocycles. The molecule has 0 fully saturated rings. The van der Waals surface area contributed by atoms with Gasteiger partial charge < -0.3 is 10.1 Å². The number of ether oxygens (including phenoxy) is 1. The van der Waals surface area contributed by atoms with Crippen LogP contribution < -0.4 is 10.1 Å². The van der Waals surface area contributed by atoms with E-state index in [-0.39, 0.29) is 5.91 Å². The number of hydrogen-bond acceptors (Lipinski definition) is 2. The van der Waals surface area contributed by atoms with Gasteiger partial charge in [0.05, 0.1) is 12.2 Å². The third-order valence-corrected chi connectivity index (χ3v) is 3.71. The Morgan fingerprint density at radius 3 is 2.43 bits per heavy atom. The van der Waals surface area contributed by atoms with Crippen LogP contribution in [0.1, 0.15) is 28.4 Å². The lowest BCUT2D eigenvalue weighted by atomic mass is 10.1. The van der Waals surface area contributed by atoms with Crippen molar-refractivity contribution in [2.24, 2.45) is 0 Å². The van der Waals surface area contributed by atoms with Gasteiger partial charge in [-0.05, 0) is 30.2 Å². The Hall–Kier alpha value is -1.81. The quantitative estimate of drug-likeness (QED) is 0.804. The fourth-order valence-corrected chi connectivity index (χ4v) is 2.33. The van der Waals surface area contributed by atoms with Gasteiger partial charge in [-0.3, -0.25) is 4.79 Å². The summed E-state index contributed by atoms with van der Waals surface area (Å²) in [4.78, 5) is 12.2. The highest BCUT2D eigenvalue weighted by Gasteiger charge is 2.11. The molecule has 2 aromatic rings. The van der Waals surface area contributed by atoms with Crippen molar-refractivity contribution >= 4 is 21.8 Å². The molecule has 0 atom stereocenters. The lowest BCUT2D eigenvalue weighted by Gasteiger charge is -2.10. The van der Waals surface area contributed by atoms with E-state index in [0.29, 0.717) is 24.5 Å². The van der Waals surface area contributed by atoms with Crippen molar-refractivity contribution < 1.29 is 9.53 Å². The van der Waals surface area contributed by atoms with E-state index in [1.54, 1.807) is 6.07 Å². The Morgan fingerprint density at radius 1 is 1.10 bits per heavy atom. The van der Waals surface area contributed by atoms with Crippen molar-refractivity contribution in [2.45, 2.75) is 18.8 Å². The van der Waals surface area contributed by atoms with Gasteiger partial charge >= 0.3 is 0 Å². The molecule has 1 N–H and O–H groups in total. The monoisotopic (exact) mass is 347 g/mol. The Labute approximate surface area is 133 Å². The van der Waals surface area contributed by atoms with Crippen molar-refractivity contribution in [2.75, 3.05) is 6.61 Å². The van der Waals surface area contributed by atoms with E-state index < -0.39 is 0 Å². The summed E-state index contributed by atoms with van der Waals surface area (Å²) >= 11 is 3.41. The first-order valence-corrected chi connectivity index (χ1v) is 8.00. The van der Waals surface area contributed by atoms with Crippen LogP contribution in [0.4, 0.5) is 0 Å². The molecule has 21 heavy (non-hydrogen) atoms. The summed E-state index contributed by atoms with van der Waals surface area (Å²) in [5, 5.41) is 3.76. The Balaban J connectivity index is 2.01. The van der Waals surface area contributed by atoms with Gasteiger partial charge in [0, 0.05) is 11.9 Å². The van der Waals surface area contributed by atoms with Gasteiger partial charge in [0.2, 0.25) is 0 Å². The summed E-state index contributed by atoms with van der Waals surface area (Å²) in [5.41, 5.74) is 2.85. The van der Waals surface area contributed by atoms with Gasteiger partial charge in [-0.25, -0.2) is 0 Å². The molecular weight excluding hydrogens is 330 g/mol. The van der Waals surface area contributed by atoms with Crippen LogP contribution >= 0.6 is 15.9 Å². The fraction of sp³-hybridized carbons (Fsp3) is 0.235. The molecule has 1 amide bonds. The second-order valence-electron chi connectivity index (χ2n) is 4.56. The second kappa shape index (κ2) is 7.84. The van der Waals surface area contributed by atoms with Gasteiger partial charge in [0.1, 0.15) is 5.75 Å². The molecule has 0 unspecified atom stereocenters. The maximum atomic E-state index is 12.2. The van der Waals surface area contributed by atoms with Crippen LogP contribution in [0.25, 0.3) is 0 Å². The fourth-order valence-electron chi connectivity index (χ4n) is 1.96. The Kier molecular flexibility index (Phi) is 5.81. The third-order valence-electron chi connectivity index (χ3n) is 3.06. The number of rotatable bonds is 6. The van der Waals surface area contributed by atoms with Crippen LogP contribution in [0.5, 0.6) is 5.75 Å². The molecule has 0 saturated carbocycles. The van der Waals surface area contributed by atoms with Crippen LogP contribution in [0.2, 0.25) is 0 Å². The molecule has 0 spiro atoms. The van der Waals surface area contributed by atoms with Gasteiger partial charge in [0.15, 0.2) is 0 Å². The molecule has 0 bridgehead atoms. The molecule has 3 nitrogen and oxygen atoms in total. The average Bonchev–Trinajstić information content (AvgIpc) is 2.54. The smallest absolute Gasteiger partial charge is 0.255 e. The van der Waals surface area contributed by atoms with E-state index in [4.69, 9.17) is 4.74 Å². The number of carbonyl (C=O) groups excluding carboxylic acids is 1. The van der Waals surface area contributed by atoms with Crippen LogP contribution in [-0.2, 0) is 11.9 Å². The normalized spacial score (nSPS) is 10.2. The summed E-state index contributed by atoms with van der Waals surface area (Å²) in [6.45, 7) is 2.94. The van der Waals surface area contributed by atoms with E-state index in [0.717, 1.165) is 10.9 Å². The molecule has 0 aliphatic heterocycles. The highest BCUT2D eigenvalue weighted by molar-refractivity contribution is 9.08. The largest absolute Gasteiger partial charge is 0.493 e. The van der Waals surface area contributed by atoms with E-state index in [1.807, 2.05) is 49.4 Å². The summed E-state index contributed by atoms with van der Waals surface area (Å²) in [6.07, 6.45) is 0. The van der Waals surface area contributed by atoms with E-state index in [1.165, 1.54) is 5.56 Å². The number of para-hydroxylation sites is 1. The van der Waals surface area contributed by atoms with Crippen LogP contribution in [0, 0.1) is 0 Å². The van der Waals surface area contributed by atoms with Crippen molar-refractivity contribution in [1.82, 2.24) is 5.32 Å². The van der Waals surface area contributed by atoms with Crippen LogP contribution in [0.3, 0.4) is 0 Å². The van der Waals surface area contributed by atoms with Crippen LogP contribution in [-0.4, -0.2) is 12.5 Å². The predicted molar refractivity (Wildman–Crippen MR) is 87.9 cm³/mol. The van der Waals surface area contributed by atoms with Crippen molar-refractivity contribution in [3.05, 3.63) is 65.2 Å². The predicted octanol–water partition coefficient (Wildman–Crippen LogP) is 3.91. The molecule has 0 aliphatic rings. The summed E-state index contributed by atoms with van der Waals surface area (Å²) in [6, 6.07) is 15.4. The van der Waals surface area contributed by atoms with Crippen molar-refractivity contribution in [3.8, 4) is 5.75 Å². The first-order valence-electron chi connectivity index (χ1n) is 6.88. The van der Waals surface area contributed by atoms with E-state index in [2.05, 4.69) is 21.2 Å². The number of carbonyl (C=O) groups is 1. The van der Waals surface area contributed by atoms with Crippen molar-refractivity contribution in [3.63, 3.8) is 0 Å². The van der Waals surface area contributed by atoms with Gasteiger partial charge in [-0.1, -0.05) is 52.3 Å². The highest BCUT2D eigenvalue weighted by Crippen LogP contribution is 2.18. The average molecular weight is 348 g/mol. The maximum Gasteiger partial charge on any atom is 0.255 e. The summed E-state index contributed by atoms with van der Waals surface area (Å²) in [7, 11) is 0. The zero-order valence-corrected chi connectivity index (χ0v) is 13.5. The van der Waals surface area contributed by atoms with Crippen LogP contribution in [0.15, 0.2) is 48.5 Å². The highest BCUT2D eigenvalue weighted by atomic mass is 79.9. The summed E-state index contributed by atoms with van der Waals surface area (Å²) < 4.78 is 5.47. The third kappa shape index (κ3) is 4.33. The van der Waals surface area contributed by atoms with Gasteiger partial charge in [-0.2, -0.15) is 0 Å². The zero-order chi connectivity index (χ0) is 15.1. The molecular formula is C17H18BrNO2. The van der Waals surface area contributed by atoms with E-state index in [9.17, 15) is 4.79 Å². The molecule has 0 radical (unpaired) electrons. The number of halogens is 1. The topological polar surface area (TPSA) is 38.3 Å². The minimum Gasteiger partial charge on any atom is -0.493 e.